The number of non-ortho nitro benzene ring substituents is 1. The lowest BCUT2D eigenvalue weighted by molar-refractivity contribution is -0.384. The van der Waals surface area contributed by atoms with E-state index in [4.69, 9.17) is 0 Å². The molecule has 0 aliphatic heterocycles. The van der Waals surface area contributed by atoms with Crippen LogP contribution >= 0.6 is 0 Å². The van der Waals surface area contributed by atoms with Crippen LogP contribution in [0.1, 0.15) is 29.8 Å². The van der Waals surface area contributed by atoms with Crippen LogP contribution in [-0.2, 0) is 11.2 Å². The fraction of sp³-hybridized carbons (Fsp3) is 0.263. The standard InChI is InChI=1S/C19H21N3O5/c1-19(2,12-23)21-17(24)11-13-3-7-15(8-4-13)20-18(25)14-5-9-16(10-6-14)22(26)27/h3-10,23H,11-12H2,1-2H3,(H,20,25)(H,21,24). The predicted molar refractivity (Wildman–Crippen MR) is 101 cm³/mol. The summed E-state index contributed by atoms with van der Waals surface area (Å²) in [6.07, 6.45) is 0.153. The minimum Gasteiger partial charge on any atom is -0.394 e. The van der Waals surface area contributed by atoms with E-state index in [2.05, 4.69) is 10.6 Å². The molecule has 2 amide bonds. The molecule has 0 fully saturated rings. The normalized spacial score (nSPS) is 10.9. The van der Waals surface area contributed by atoms with Crippen molar-refractivity contribution < 1.29 is 19.6 Å². The Morgan fingerprint density at radius 3 is 2.19 bits per heavy atom. The Bertz CT molecular complexity index is 829. The van der Waals surface area contributed by atoms with Crippen LogP contribution < -0.4 is 10.6 Å². The van der Waals surface area contributed by atoms with Crippen molar-refractivity contribution in [3.05, 3.63) is 69.8 Å². The molecule has 0 heterocycles. The smallest absolute Gasteiger partial charge is 0.269 e. The van der Waals surface area contributed by atoms with Crippen molar-refractivity contribution in [1.82, 2.24) is 5.32 Å². The molecule has 8 heteroatoms. The van der Waals surface area contributed by atoms with E-state index in [0.29, 0.717) is 11.3 Å². The lowest BCUT2D eigenvalue weighted by Gasteiger charge is -2.23. The highest BCUT2D eigenvalue weighted by Gasteiger charge is 2.19. The van der Waals surface area contributed by atoms with Crippen LogP contribution in [0.4, 0.5) is 11.4 Å². The van der Waals surface area contributed by atoms with Gasteiger partial charge in [0.15, 0.2) is 0 Å². The molecule has 0 radical (unpaired) electrons. The molecular weight excluding hydrogens is 350 g/mol. The summed E-state index contributed by atoms with van der Waals surface area (Å²) in [6.45, 7) is 3.29. The number of amides is 2. The zero-order valence-corrected chi connectivity index (χ0v) is 15.1. The first kappa shape index (κ1) is 20.1. The molecule has 27 heavy (non-hydrogen) atoms. The summed E-state index contributed by atoms with van der Waals surface area (Å²) in [5.74, 6) is -0.600. The van der Waals surface area contributed by atoms with E-state index in [-0.39, 0.29) is 30.5 Å². The summed E-state index contributed by atoms with van der Waals surface area (Å²) in [5, 5.41) is 25.2. The second kappa shape index (κ2) is 8.41. The Hall–Kier alpha value is -3.26. The zero-order chi connectivity index (χ0) is 20.0. The molecule has 0 aliphatic carbocycles. The number of nitrogens with one attached hydrogen (secondary N) is 2. The molecule has 8 nitrogen and oxygen atoms in total. The number of carbonyl (C=O) groups excluding carboxylic acids is 2. The number of aliphatic hydroxyl groups excluding tert-OH is 1. The number of nitro benzene ring substituents is 1. The van der Waals surface area contributed by atoms with Gasteiger partial charge in [0.25, 0.3) is 11.6 Å². The molecule has 2 rings (SSSR count). The van der Waals surface area contributed by atoms with Crippen molar-refractivity contribution in [2.75, 3.05) is 11.9 Å². The van der Waals surface area contributed by atoms with Gasteiger partial charge in [0, 0.05) is 23.4 Å². The van der Waals surface area contributed by atoms with Gasteiger partial charge in [-0.15, -0.1) is 0 Å². The lowest BCUT2D eigenvalue weighted by atomic mass is 10.1. The van der Waals surface area contributed by atoms with Crippen LogP contribution in [0.2, 0.25) is 0 Å². The first-order chi connectivity index (χ1) is 12.7. The molecule has 2 aromatic rings. The van der Waals surface area contributed by atoms with Gasteiger partial charge in [0.2, 0.25) is 5.91 Å². The first-order valence-corrected chi connectivity index (χ1v) is 8.27. The fourth-order valence-electron chi connectivity index (χ4n) is 2.29. The molecule has 0 aromatic heterocycles. The first-order valence-electron chi connectivity index (χ1n) is 8.27. The third-order valence-corrected chi connectivity index (χ3v) is 3.79. The number of hydrogen-bond acceptors (Lipinski definition) is 5. The maximum atomic E-state index is 12.2. The number of aliphatic hydroxyl groups is 1. The Balaban J connectivity index is 1.95. The molecule has 0 aliphatic rings. The minimum absolute atomic E-state index is 0.0847. The van der Waals surface area contributed by atoms with Crippen LogP contribution in [0, 0.1) is 10.1 Å². The van der Waals surface area contributed by atoms with Crippen molar-refractivity contribution in [1.29, 1.82) is 0 Å². The highest BCUT2D eigenvalue weighted by molar-refractivity contribution is 6.04. The Morgan fingerprint density at radius 2 is 1.67 bits per heavy atom. The molecule has 142 valence electrons. The second-order valence-electron chi connectivity index (χ2n) is 6.72. The minimum atomic E-state index is -0.685. The van der Waals surface area contributed by atoms with Crippen LogP contribution in [0.3, 0.4) is 0 Å². The van der Waals surface area contributed by atoms with E-state index in [1.807, 2.05) is 0 Å². The number of rotatable bonds is 7. The van der Waals surface area contributed by atoms with E-state index in [1.54, 1.807) is 38.1 Å². The van der Waals surface area contributed by atoms with Crippen LogP contribution in [-0.4, -0.2) is 34.0 Å². The number of anilines is 1. The Labute approximate surface area is 156 Å². The molecule has 0 saturated heterocycles. The van der Waals surface area contributed by atoms with E-state index in [9.17, 15) is 24.8 Å². The summed E-state index contributed by atoms with van der Waals surface area (Å²) in [6, 6.07) is 12.1. The van der Waals surface area contributed by atoms with Crippen LogP contribution in [0.15, 0.2) is 48.5 Å². The van der Waals surface area contributed by atoms with Gasteiger partial charge < -0.3 is 15.7 Å². The van der Waals surface area contributed by atoms with Crippen molar-refractivity contribution in [3.8, 4) is 0 Å². The largest absolute Gasteiger partial charge is 0.394 e. The topological polar surface area (TPSA) is 122 Å². The third kappa shape index (κ3) is 5.89. The summed E-state index contributed by atoms with van der Waals surface area (Å²) in [7, 11) is 0. The summed E-state index contributed by atoms with van der Waals surface area (Å²) < 4.78 is 0. The van der Waals surface area contributed by atoms with Gasteiger partial charge in [-0.3, -0.25) is 19.7 Å². The van der Waals surface area contributed by atoms with Crippen molar-refractivity contribution in [2.45, 2.75) is 25.8 Å². The molecule has 3 N–H and O–H groups in total. The number of nitro groups is 1. The van der Waals surface area contributed by atoms with Crippen LogP contribution in [0.5, 0.6) is 0 Å². The molecule has 2 aromatic carbocycles. The monoisotopic (exact) mass is 371 g/mol. The summed E-state index contributed by atoms with van der Waals surface area (Å²) in [4.78, 5) is 34.3. The quantitative estimate of drug-likeness (QED) is 0.509. The van der Waals surface area contributed by atoms with E-state index >= 15 is 0 Å². The number of nitrogens with zero attached hydrogens (tertiary/aromatic N) is 1. The Morgan fingerprint density at radius 1 is 1.07 bits per heavy atom. The second-order valence-corrected chi connectivity index (χ2v) is 6.72. The predicted octanol–water partition coefficient (Wildman–Crippen LogP) is 2.28. The van der Waals surface area contributed by atoms with Gasteiger partial charge in [-0.05, 0) is 43.7 Å². The average Bonchev–Trinajstić information content (AvgIpc) is 2.63. The maximum absolute atomic E-state index is 12.2. The number of hydrogen-bond donors (Lipinski definition) is 3. The average molecular weight is 371 g/mol. The molecule has 0 unspecified atom stereocenters. The highest BCUT2D eigenvalue weighted by Crippen LogP contribution is 2.15. The molecule has 0 atom stereocenters. The van der Waals surface area contributed by atoms with Gasteiger partial charge in [-0.25, -0.2) is 0 Å². The highest BCUT2D eigenvalue weighted by atomic mass is 16.6. The molecule has 0 bridgehead atoms. The van der Waals surface area contributed by atoms with E-state index in [1.165, 1.54) is 24.3 Å². The zero-order valence-electron chi connectivity index (χ0n) is 15.1. The van der Waals surface area contributed by atoms with Crippen molar-refractivity contribution in [2.24, 2.45) is 0 Å². The van der Waals surface area contributed by atoms with Gasteiger partial charge >= 0.3 is 0 Å². The van der Waals surface area contributed by atoms with Gasteiger partial charge in [0.05, 0.1) is 23.5 Å². The van der Waals surface area contributed by atoms with Crippen molar-refractivity contribution >= 4 is 23.2 Å². The van der Waals surface area contributed by atoms with Gasteiger partial charge in [0.1, 0.15) is 0 Å². The number of benzene rings is 2. The van der Waals surface area contributed by atoms with Gasteiger partial charge in [-0.2, -0.15) is 0 Å². The summed E-state index contributed by atoms with van der Waals surface area (Å²) in [5.41, 5.74) is 0.831. The maximum Gasteiger partial charge on any atom is 0.269 e. The fourth-order valence-corrected chi connectivity index (χ4v) is 2.29. The van der Waals surface area contributed by atoms with Gasteiger partial charge in [-0.1, -0.05) is 12.1 Å². The van der Waals surface area contributed by atoms with Crippen LogP contribution in [0.25, 0.3) is 0 Å². The lowest BCUT2D eigenvalue weighted by Crippen LogP contribution is -2.46. The Kier molecular flexibility index (Phi) is 6.25. The summed E-state index contributed by atoms with van der Waals surface area (Å²) >= 11 is 0. The van der Waals surface area contributed by atoms with E-state index < -0.39 is 10.5 Å². The molecular formula is C19H21N3O5. The van der Waals surface area contributed by atoms with E-state index in [0.717, 1.165) is 5.56 Å². The van der Waals surface area contributed by atoms with Crippen molar-refractivity contribution in [3.63, 3.8) is 0 Å². The molecule has 0 spiro atoms. The SMILES string of the molecule is CC(C)(CO)NC(=O)Cc1ccc(NC(=O)c2ccc([N+](=O)[O-])cc2)cc1. The number of carbonyl (C=O) groups is 2. The third-order valence-electron chi connectivity index (χ3n) is 3.79. The molecule has 0 saturated carbocycles.